The molecule has 0 saturated carbocycles. The Labute approximate surface area is 128 Å². The van der Waals surface area contributed by atoms with E-state index in [9.17, 15) is 0 Å². The molecule has 21 heavy (non-hydrogen) atoms. The van der Waals surface area contributed by atoms with Crippen LogP contribution in [0.5, 0.6) is 5.88 Å². The van der Waals surface area contributed by atoms with Gasteiger partial charge in [0.05, 0.1) is 6.61 Å². The molecule has 0 fully saturated rings. The zero-order valence-electron chi connectivity index (χ0n) is 14.1. The zero-order chi connectivity index (χ0) is 15.8. The highest BCUT2D eigenvalue weighted by atomic mass is 16.5. The quantitative estimate of drug-likeness (QED) is 0.682. The average Bonchev–Trinajstić information content (AvgIpc) is 2.39. The number of nitrogens with zero attached hydrogens (tertiary/aromatic N) is 2. The minimum absolute atomic E-state index is 0.435. The lowest BCUT2D eigenvalue weighted by Crippen LogP contribution is -2.14. The third-order valence-corrected chi connectivity index (χ3v) is 2.92. The lowest BCUT2D eigenvalue weighted by atomic mass is 10.1. The van der Waals surface area contributed by atoms with Crippen LogP contribution in [0, 0.1) is 11.8 Å². The summed E-state index contributed by atoms with van der Waals surface area (Å²) in [5.41, 5.74) is 6.65. The van der Waals surface area contributed by atoms with E-state index in [1.807, 2.05) is 0 Å². The second-order valence-corrected chi connectivity index (χ2v) is 6.29. The highest BCUT2D eigenvalue weighted by Gasteiger charge is 2.14. The second-order valence-electron chi connectivity index (χ2n) is 6.29. The smallest absolute Gasteiger partial charge is 0.242 e. The summed E-state index contributed by atoms with van der Waals surface area (Å²) >= 11 is 0. The van der Waals surface area contributed by atoms with Gasteiger partial charge in [-0.3, -0.25) is 0 Å². The van der Waals surface area contributed by atoms with E-state index in [4.69, 9.17) is 10.5 Å². The van der Waals surface area contributed by atoms with Crippen LogP contribution in [0.2, 0.25) is 0 Å². The minimum atomic E-state index is 0.435. The van der Waals surface area contributed by atoms with Crippen molar-refractivity contribution in [2.45, 2.75) is 53.9 Å². The van der Waals surface area contributed by atoms with Crippen molar-refractivity contribution in [3.63, 3.8) is 0 Å². The summed E-state index contributed by atoms with van der Waals surface area (Å²) in [6.45, 7) is 12.1. The average molecular weight is 294 g/mol. The molecule has 0 radical (unpaired) electrons. The summed E-state index contributed by atoms with van der Waals surface area (Å²) in [5, 5.41) is 3.30. The van der Waals surface area contributed by atoms with E-state index in [-0.39, 0.29) is 0 Å². The molecule has 0 unspecified atom stereocenters. The van der Waals surface area contributed by atoms with Gasteiger partial charge in [0.1, 0.15) is 11.5 Å². The Morgan fingerprint density at radius 2 is 1.86 bits per heavy atom. The summed E-state index contributed by atoms with van der Waals surface area (Å²) in [7, 11) is 0. The molecule has 1 aromatic rings. The molecule has 0 atom stereocenters. The van der Waals surface area contributed by atoms with Gasteiger partial charge >= 0.3 is 0 Å². The van der Waals surface area contributed by atoms with E-state index in [2.05, 4.69) is 49.9 Å². The lowest BCUT2D eigenvalue weighted by Gasteiger charge is -2.15. The molecule has 0 bridgehead atoms. The predicted octanol–water partition coefficient (Wildman–Crippen LogP) is 3.50. The molecule has 1 heterocycles. The van der Waals surface area contributed by atoms with Gasteiger partial charge in [0, 0.05) is 13.0 Å². The van der Waals surface area contributed by atoms with Gasteiger partial charge in [-0.05, 0) is 18.3 Å². The second kappa shape index (κ2) is 8.70. The Hall–Kier alpha value is -1.52. The first-order chi connectivity index (χ1) is 9.93. The van der Waals surface area contributed by atoms with Crippen molar-refractivity contribution in [2.75, 3.05) is 24.2 Å². The number of hydrogen-bond acceptors (Lipinski definition) is 5. The maximum absolute atomic E-state index is 6.14. The third kappa shape index (κ3) is 6.19. The van der Waals surface area contributed by atoms with Crippen LogP contribution in [0.25, 0.3) is 0 Å². The first-order valence-corrected chi connectivity index (χ1v) is 7.97. The maximum Gasteiger partial charge on any atom is 0.242 e. The summed E-state index contributed by atoms with van der Waals surface area (Å²) in [4.78, 5) is 9.02. The number of hydrogen-bond donors (Lipinski definition) is 2. The first-order valence-electron chi connectivity index (χ1n) is 7.97. The van der Waals surface area contributed by atoms with Crippen LogP contribution in [-0.2, 0) is 6.42 Å². The van der Waals surface area contributed by atoms with Gasteiger partial charge in [0.2, 0.25) is 5.88 Å². The van der Waals surface area contributed by atoms with E-state index in [1.165, 1.54) is 0 Å². The number of anilines is 2. The maximum atomic E-state index is 6.14. The largest absolute Gasteiger partial charge is 0.476 e. The Balaban J connectivity index is 2.94. The van der Waals surface area contributed by atoms with Gasteiger partial charge < -0.3 is 15.8 Å². The van der Waals surface area contributed by atoms with Crippen molar-refractivity contribution in [3.05, 3.63) is 5.82 Å². The number of nitrogens with two attached hydrogens (primary N) is 1. The summed E-state index contributed by atoms with van der Waals surface area (Å²) in [6.07, 6.45) is 3.04. The van der Waals surface area contributed by atoms with Gasteiger partial charge in [-0.2, -0.15) is 4.98 Å². The van der Waals surface area contributed by atoms with E-state index in [0.717, 1.165) is 31.6 Å². The summed E-state index contributed by atoms with van der Waals surface area (Å²) in [6, 6.07) is 0. The number of nitrogen functional groups attached to an aromatic ring is 1. The van der Waals surface area contributed by atoms with Gasteiger partial charge in [-0.15, -0.1) is 0 Å². The molecule has 0 amide bonds. The topological polar surface area (TPSA) is 73.1 Å². The molecule has 5 heteroatoms. The van der Waals surface area contributed by atoms with Crippen molar-refractivity contribution >= 4 is 11.5 Å². The van der Waals surface area contributed by atoms with Crippen molar-refractivity contribution in [2.24, 2.45) is 11.8 Å². The Morgan fingerprint density at radius 1 is 1.14 bits per heavy atom. The SMILES string of the molecule is CCCCNc1nc(CC(C)C)nc(OCC(C)C)c1N. The van der Waals surface area contributed by atoms with Crippen LogP contribution >= 0.6 is 0 Å². The molecular weight excluding hydrogens is 264 g/mol. The van der Waals surface area contributed by atoms with Crippen molar-refractivity contribution in [3.8, 4) is 5.88 Å². The van der Waals surface area contributed by atoms with Crippen LogP contribution < -0.4 is 15.8 Å². The lowest BCUT2D eigenvalue weighted by molar-refractivity contribution is 0.261. The van der Waals surface area contributed by atoms with E-state index < -0.39 is 0 Å². The highest BCUT2D eigenvalue weighted by Crippen LogP contribution is 2.27. The molecule has 120 valence electrons. The van der Waals surface area contributed by atoms with E-state index >= 15 is 0 Å². The number of unbranched alkanes of at least 4 members (excludes halogenated alkanes) is 1. The molecule has 0 aliphatic carbocycles. The normalized spacial score (nSPS) is 11.2. The fourth-order valence-corrected chi connectivity index (χ4v) is 1.82. The molecule has 0 aliphatic rings. The molecular formula is C16H30N4O. The van der Waals surface area contributed by atoms with Gasteiger partial charge in [0.25, 0.3) is 0 Å². The molecule has 1 aromatic heterocycles. The number of ether oxygens (including phenoxy) is 1. The molecule has 5 nitrogen and oxygen atoms in total. The van der Waals surface area contributed by atoms with Crippen molar-refractivity contribution < 1.29 is 4.74 Å². The number of nitrogens with one attached hydrogen (secondary N) is 1. The van der Waals surface area contributed by atoms with Crippen LogP contribution in [-0.4, -0.2) is 23.1 Å². The van der Waals surface area contributed by atoms with Crippen LogP contribution in [0.4, 0.5) is 11.5 Å². The fraction of sp³-hybridized carbons (Fsp3) is 0.750. The molecule has 0 saturated heterocycles. The molecule has 0 spiro atoms. The van der Waals surface area contributed by atoms with Crippen LogP contribution in [0.15, 0.2) is 0 Å². The standard InChI is InChI=1S/C16H30N4O/c1-6-7-8-18-15-14(17)16(21-10-12(4)5)20-13(19-15)9-11(2)3/h11-12H,6-10,17H2,1-5H3,(H,18,19,20). The minimum Gasteiger partial charge on any atom is -0.476 e. The van der Waals surface area contributed by atoms with Crippen LogP contribution in [0.3, 0.4) is 0 Å². The third-order valence-electron chi connectivity index (χ3n) is 2.92. The molecule has 1 rings (SSSR count). The predicted molar refractivity (Wildman–Crippen MR) is 88.7 cm³/mol. The van der Waals surface area contributed by atoms with Gasteiger partial charge in [-0.25, -0.2) is 4.98 Å². The first kappa shape index (κ1) is 17.5. The Bertz CT molecular complexity index is 433. The number of aromatic nitrogens is 2. The van der Waals surface area contributed by atoms with Crippen molar-refractivity contribution in [1.29, 1.82) is 0 Å². The van der Waals surface area contributed by atoms with E-state index in [1.54, 1.807) is 0 Å². The van der Waals surface area contributed by atoms with Crippen molar-refractivity contribution in [1.82, 2.24) is 9.97 Å². The highest BCUT2D eigenvalue weighted by molar-refractivity contribution is 5.66. The van der Waals surface area contributed by atoms with Crippen LogP contribution in [0.1, 0.15) is 53.3 Å². The Morgan fingerprint density at radius 3 is 2.43 bits per heavy atom. The fourth-order valence-electron chi connectivity index (χ4n) is 1.82. The van der Waals surface area contributed by atoms with Gasteiger partial charge in [0.15, 0.2) is 5.82 Å². The monoisotopic (exact) mass is 294 g/mol. The van der Waals surface area contributed by atoms with Gasteiger partial charge in [-0.1, -0.05) is 41.0 Å². The molecule has 3 N–H and O–H groups in total. The number of rotatable bonds is 9. The Kier molecular flexibility index (Phi) is 7.26. The summed E-state index contributed by atoms with van der Waals surface area (Å²) < 4.78 is 5.75. The van der Waals surface area contributed by atoms with E-state index in [0.29, 0.717) is 35.8 Å². The zero-order valence-corrected chi connectivity index (χ0v) is 14.1. The summed E-state index contributed by atoms with van der Waals surface area (Å²) in [5.74, 6) is 2.93. The molecule has 0 aliphatic heterocycles. The molecule has 0 aromatic carbocycles.